The number of epoxide rings is 1. The molecule has 0 amide bonds. The molecule has 17 heavy (non-hydrogen) atoms. The van der Waals surface area contributed by atoms with E-state index in [0.717, 1.165) is 0 Å². The Morgan fingerprint density at radius 1 is 1.18 bits per heavy atom. The van der Waals surface area contributed by atoms with Gasteiger partial charge in [0.1, 0.15) is 10.5 Å². The SMILES string of the molecule is CCC1(c2c(F)c(F)c(SN)c(F)c2F)CO1. The largest absolute Gasteiger partial charge is 0.364 e. The Morgan fingerprint density at radius 3 is 1.94 bits per heavy atom. The molecule has 94 valence electrons. The summed E-state index contributed by atoms with van der Waals surface area (Å²) in [4.78, 5) is -0.865. The minimum Gasteiger partial charge on any atom is -0.364 e. The van der Waals surface area contributed by atoms with E-state index in [4.69, 9.17) is 9.88 Å². The van der Waals surface area contributed by atoms with Crippen LogP contribution in [0.2, 0.25) is 0 Å². The summed E-state index contributed by atoms with van der Waals surface area (Å²) in [5, 5.41) is 4.97. The quantitative estimate of drug-likeness (QED) is 0.396. The van der Waals surface area contributed by atoms with Crippen molar-refractivity contribution in [3.63, 3.8) is 0 Å². The Labute approximate surface area is 99.3 Å². The van der Waals surface area contributed by atoms with Crippen LogP contribution in [-0.2, 0) is 10.3 Å². The number of hydrogen-bond acceptors (Lipinski definition) is 3. The predicted octanol–water partition coefficient (Wildman–Crippen LogP) is 2.84. The molecular weight excluding hydrogens is 258 g/mol. The van der Waals surface area contributed by atoms with Crippen molar-refractivity contribution in [1.29, 1.82) is 0 Å². The standard InChI is InChI=1S/C10H9F4NOS/c1-2-10(3-16-10)4-5(11)7(13)9(17-15)8(14)6(4)12/h2-3,15H2,1H3. The first-order valence-electron chi connectivity index (χ1n) is 4.85. The summed E-state index contributed by atoms with van der Waals surface area (Å²) in [5.74, 6) is -5.82. The van der Waals surface area contributed by atoms with Gasteiger partial charge in [-0.05, 0) is 18.4 Å². The van der Waals surface area contributed by atoms with E-state index in [1.54, 1.807) is 6.92 Å². The zero-order chi connectivity index (χ0) is 12.8. The minimum absolute atomic E-state index is 0.0470. The summed E-state index contributed by atoms with van der Waals surface area (Å²) in [6, 6.07) is 0. The van der Waals surface area contributed by atoms with Crippen LogP contribution in [0.25, 0.3) is 0 Å². The first kappa shape index (κ1) is 12.7. The summed E-state index contributed by atoms with van der Waals surface area (Å²) in [6.07, 6.45) is 0.231. The Kier molecular flexibility index (Phi) is 3.09. The number of benzene rings is 1. The summed E-state index contributed by atoms with van der Waals surface area (Å²) >= 11 is 0.127. The smallest absolute Gasteiger partial charge is 0.177 e. The van der Waals surface area contributed by atoms with E-state index in [0.29, 0.717) is 0 Å². The maximum Gasteiger partial charge on any atom is 0.177 e. The first-order valence-corrected chi connectivity index (χ1v) is 5.73. The molecule has 2 nitrogen and oxygen atoms in total. The third-order valence-corrected chi connectivity index (χ3v) is 3.45. The summed E-state index contributed by atoms with van der Waals surface area (Å²) in [5.41, 5.74) is -1.93. The van der Waals surface area contributed by atoms with Gasteiger partial charge in [-0.25, -0.2) is 17.6 Å². The fourth-order valence-corrected chi connectivity index (χ4v) is 2.11. The first-order chi connectivity index (χ1) is 7.98. The Morgan fingerprint density at radius 2 is 1.65 bits per heavy atom. The number of nitrogens with two attached hydrogens (primary N) is 1. The van der Waals surface area contributed by atoms with Crippen LogP contribution >= 0.6 is 11.9 Å². The highest BCUT2D eigenvalue weighted by Crippen LogP contribution is 2.46. The maximum atomic E-state index is 13.7. The van der Waals surface area contributed by atoms with E-state index in [-0.39, 0.29) is 25.0 Å². The molecule has 1 fully saturated rings. The van der Waals surface area contributed by atoms with Crippen LogP contribution in [0.3, 0.4) is 0 Å². The summed E-state index contributed by atoms with van der Waals surface area (Å²) < 4.78 is 59.2. The second kappa shape index (κ2) is 4.15. The molecule has 1 aliphatic heterocycles. The Bertz CT molecular complexity index is 447. The molecule has 1 unspecified atom stereocenters. The monoisotopic (exact) mass is 267 g/mol. The van der Waals surface area contributed by atoms with E-state index in [1.165, 1.54) is 0 Å². The van der Waals surface area contributed by atoms with Crippen LogP contribution in [-0.4, -0.2) is 6.61 Å². The van der Waals surface area contributed by atoms with Crippen molar-refractivity contribution in [1.82, 2.24) is 0 Å². The molecule has 1 atom stereocenters. The molecule has 1 aromatic carbocycles. The fraction of sp³-hybridized carbons (Fsp3) is 0.400. The average molecular weight is 267 g/mol. The van der Waals surface area contributed by atoms with Crippen molar-refractivity contribution in [2.24, 2.45) is 5.14 Å². The summed E-state index contributed by atoms with van der Waals surface area (Å²) in [6.45, 7) is 1.67. The third-order valence-electron chi connectivity index (χ3n) is 2.86. The van der Waals surface area contributed by atoms with E-state index in [9.17, 15) is 17.6 Å². The van der Waals surface area contributed by atoms with E-state index in [2.05, 4.69) is 0 Å². The van der Waals surface area contributed by atoms with Gasteiger partial charge in [-0.2, -0.15) is 0 Å². The average Bonchev–Trinajstić information content (AvgIpc) is 3.09. The van der Waals surface area contributed by atoms with Gasteiger partial charge in [0, 0.05) is 0 Å². The molecule has 7 heteroatoms. The Balaban J connectivity index is 2.69. The van der Waals surface area contributed by atoms with Gasteiger partial charge >= 0.3 is 0 Å². The van der Waals surface area contributed by atoms with Gasteiger partial charge < -0.3 is 4.74 Å². The lowest BCUT2D eigenvalue weighted by molar-refractivity contribution is 0.274. The fourth-order valence-electron chi connectivity index (χ4n) is 1.73. The highest BCUT2D eigenvalue weighted by Gasteiger charge is 2.50. The zero-order valence-corrected chi connectivity index (χ0v) is 9.64. The van der Waals surface area contributed by atoms with E-state index < -0.39 is 39.3 Å². The topological polar surface area (TPSA) is 38.5 Å². The molecule has 0 aromatic heterocycles. The van der Waals surface area contributed by atoms with Crippen LogP contribution in [0.15, 0.2) is 4.90 Å². The van der Waals surface area contributed by atoms with E-state index >= 15 is 0 Å². The van der Waals surface area contributed by atoms with Gasteiger partial charge in [0.2, 0.25) is 0 Å². The molecule has 1 saturated heterocycles. The molecule has 1 aromatic rings. The molecule has 1 heterocycles. The van der Waals surface area contributed by atoms with Crippen LogP contribution in [0.1, 0.15) is 18.9 Å². The van der Waals surface area contributed by atoms with Crippen LogP contribution < -0.4 is 5.14 Å². The molecule has 0 bridgehead atoms. The summed E-state index contributed by atoms with van der Waals surface area (Å²) in [7, 11) is 0. The van der Waals surface area contributed by atoms with Gasteiger partial charge in [0.15, 0.2) is 23.3 Å². The van der Waals surface area contributed by atoms with Gasteiger partial charge in [0.05, 0.1) is 12.2 Å². The lowest BCUT2D eigenvalue weighted by atomic mass is 9.95. The normalized spacial score (nSPS) is 22.9. The molecule has 0 radical (unpaired) electrons. The van der Waals surface area contributed by atoms with Gasteiger partial charge in [-0.15, -0.1) is 0 Å². The zero-order valence-electron chi connectivity index (χ0n) is 8.82. The lowest BCUT2D eigenvalue weighted by Gasteiger charge is -2.14. The van der Waals surface area contributed by atoms with Crippen LogP contribution in [0, 0.1) is 23.3 Å². The minimum atomic E-state index is -1.48. The van der Waals surface area contributed by atoms with E-state index in [1.807, 2.05) is 0 Å². The lowest BCUT2D eigenvalue weighted by Crippen LogP contribution is -2.17. The van der Waals surface area contributed by atoms with Crippen LogP contribution in [0.4, 0.5) is 17.6 Å². The van der Waals surface area contributed by atoms with Gasteiger partial charge in [-0.1, -0.05) is 6.92 Å². The molecule has 0 spiro atoms. The second-order valence-electron chi connectivity index (χ2n) is 3.71. The Hall–Kier alpha value is -0.790. The second-order valence-corrected chi connectivity index (χ2v) is 4.36. The molecule has 1 aliphatic rings. The molecular formula is C10H9F4NOS. The predicted molar refractivity (Wildman–Crippen MR) is 54.2 cm³/mol. The van der Waals surface area contributed by atoms with Gasteiger partial charge in [0.25, 0.3) is 0 Å². The van der Waals surface area contributed by atoms with Crippen molar-refractivity contribution in [3.8, 4) is 0 Å². The number of hydrogen-bond donors (Lipinski definition) is 1. The highest BCUT2D eigenvalue weighted by molar-refractivity contribution is 7.97. The highest BCUT2D eigenvalue weighted by atomic mass is 32.2. The maximum absolute atomic E-state index is 13.7. The molecule has 0 aliphatic carbocycles. The van der Waals surface area contributed by atoms with Crippen LogP contribution in [0.5, 0.6) is 0 Å². The number of ether oxygens (including phenoxy) is 1. The molecule has 2 rings (SSSR count). The third kappa shape index (κ3) is 1.73. The van der Waals surface area contributed by atoms with Crippen molar-refractivity contribution in [2.75, 3.05) is 6.61 Å². The number of rotatable bonds is 3. The van der Waals surface area contributed by atoms with Gasteiger partial charge in [-0.3, -0.25) is 5.14 Å². The molecule has 0 saturated carbocycles. The van der Waals surface area contributed by atoms with Crippen molar-refractivity contribution >= 4 is 11.9 Å². The van der Waals surface area contributed by atoms with Crippen molar-refractivity contribution < 1.29 is 22.3 Å². The molecule has 2 N–H and O–H groups in total. The van der Waals surface area contributed by atoms with Crippen molar-refractivity contribution in [3.05, 3.63) is 28.8 Å². The number of halogens is 4. The van der Waals surface area contributed by atoms with Crippen molar-refractivity contribution in [2.45, 2.75) is 23.8 Å².